The van der Waals surface area contributed by atoms with Crippen molar-refractivity contribution in [2.75, 3.05) is 26.2 Å². The first-order chi connectivity index (χ1) is 10.2. The van der Waals surface area contributed by atoms with E-state index >= 15 is 0 Å². The quantitative estimate of drug-likeness (QED) is 0.789. The molecule has 1 amide bonds. The molecule has 1 N–H and O–H groups in total. The Balaban J connectivity index is 0.00000191. The maximum Gasteiger partial charge on any atom is 0.251 e. The van der Waals surface area contributed by atoms with Crippen molar-refractivity contribution in [3.63, 3.8) is 0 Å². The standard InChI is InChI=1S/C16H26N2O.C2H6/c1-4-6-12-18(5-2)13-11-17-16(19)15-10-8-7-9-14(15)3;1-2/h7-10H,4-6,11-13H2,1-3H3,(H,17,19);1-2H3. The highest BCUT2D eigenvalue weighted by Gasteiger charge is 2.08. The lowest BCUT2D eigenvalue weighted by atomic mass is 10.1. The summed E-state index contributed by atoms with van der Waals surface area (Å²) < 4.78 is 0. The van der Waals surface area contributed by atoms with E-state index in [1.807, 2.05) is 45.0 Å². The van der Waals surface area contributed by atoms with Gasteiger partial charge in [-0.05, 0) is 38.1 Å². The molecule has 0 saturated carbocycles. The monoisotopic (exact) mass is 292 g/mol. The van der Waals surface area contributed by atoms with Crippen LogP contribution in [0.5, 0.6) is 0 Å². The van der Waals surface area contributed by atoms with Gasteiger partial charge in [-0.1, -0.05) is 52.3 Å². The van der Waals surface area contributed by atoms with E-state index in [0.29, 0.717) is 6.54 Å². The summed E-state index contributed by atoms with van der Waals surface area (Å²) in [5.41, 5.74) is 1.80. The van der Waals surface area contributed by atoms with Crippen LogP contribution in [0.2, 0.25) is 0 Å². The molecule has 0 radical (unpaired) electrons. The minimum atomic E-state index is 0.0321. The minimum absolute atomic E-state index is 0.0321. The molecule has 0 heterocycles. The van der Waals surface area contributed by atoms with Crippen molar-refractivity contribution < 1.29 is 4.79 Å². The van der Waals surface area contributed by atoms with Gasteiger partial charge in [-0.25, -0.2) is 0 Å². The lowest BCUT2D eigenvalue weighted by Crippen LogP contribution is -2.35. The Bertz CT molecular complexity index is 391. The predicted molar refractivity (Wildman–Crippen MR) is 91.9 cm³/mol. The van der Waals surface area contributed by atoms with E-state index in [0.717, 1.165) is 30.8 Å². The smallest absolute Gasteiger partial charge is 0.251 e. The number of aryl methyl sites for hydroxylation is 1. The van der Waals surface area contributed by atoms with Gasteiger partial charge in [0.2, 0.25) is 0 Å². The summed E-state index contributed by atoms with van der Waals surface area (Å²) in [7, 11) is 0. The third-order valence-corrected chi connectivity index (χ3v) is 3.38. The molecular weight excluding hydrogens is 260 g/mol. The Morgan fingerprint density at radius 2 is 1.81 bits per heavy atom. The minimum Gasteiger partial charge on any atom is -0.351 e. The van der Waals surface area contributed by atoms with Crippen LogP contribution in [0, 0.1) is 6.92 Å². The molecule has 120 valence electrons. The van der Waals surface area contributed by atoms with Gasteiger partial charge in [-0.15, -0.1) is 0 Å². The van der Waals surface area contributed by atoms with Crippen LogP contribution in [0.1, 0.15) is 56.5 Å². The number of hydrogen-bond donors (Lipinski definition) is 1. The second-order valence-electron chi connectivity index (χ2n) is 4.86. The number of carbonyl (C=O) groups excluding carboxylic acids is 1. The number of carbonyl (C=O) groups is 1. The normalized spacial score (nSPS) is 10.0. The van der Waals surface area contributed by atoms with E-state index in [1.54, 1.807) is 0 Å². The Labute approximate surface area is 130 Å². The lowest BCUT2D eigenvalue weighted by Gasteiger charge is -2.20. The maximum atomic E-state index is 12.0. The lowest BCUT2D eigenvalue weighted by molar-refractivity contribution is 0.0948. The van der Waals surface area contributed by atoms with E-state index in [2.05, 4.69) is 24.1 Å². The van der Waals surface area contributed by atoms with Crippen molar-refractivity contribution >= 4 is 5.91 Å². The molecule has 0 unspecified atom stereocenters. The topological polar surface area (TPSA) is 32.3 Å². The first kappa shape index (κ1) is 19.7. The van der Waals surface area contributed by atoms with E-state index in [-0.39, 0.29) is 5.91 Å². The van der Waals surface area contributed by atoms with Gasteiger partial charge >= 0.3 is 0 Å². The molecular formula is C18H32N2O. The Kier molecular flexibility index (Phi) is 11.6. The molecule has 0 saturated heterocycles. The first-order valence-electron chi connectivity index (χ1n) is 8.25. The van der Waals surface area contributed by atoms with Crippen molar-refractivity contribution in [1.29, 1.82) is 0 Å². The number of hydrogen-bond acceptors (Lipinski definition) is 2. The highest BCUT2D eigenvalue weighted by Crippen LogP contribution is 2.06. The van der Waals surface area contributed by atoms with Gasteiger partial charge in [0.05, 0.1) is 0 Å². The summed E-state index contributed by atoms with van der Waals surface area (Å²) in [5.74, 6) is 0.0321. The Morgan fingerprint density at radius 1 is 1.14 bits per heavy atom. The van der Waals surface area contributed by atoms with Crippen LogP contribution in [0.15, 0.2) is 24.3 Å². The number of unbranched alkanes of at least 4 members (excludes halogenated alkanes) is 1. The molecule has 3 nitrogen and oxygen atoms in total. The molecule has 3 heteroatoms. The Morgan fingerprint density at radius 3 is 2.38 bits per heavy atom. The SMILES string of the molecule is CC.CCCCN(CC)CCNC(=O)c1ccccc1C. The van der Waals surface area contributed by atoms with Crippen LogP contribution in [0.25, 0.3) is 0 Å². The summed E-state index contributed by atoms with van der Waals surface area (Å²) in [5, 5.41) is 3.00. The molecule has 0 spiro atoms. The van der Waals surface area contributed by atoms with E-state index in [4.69, 9.17) is 0 Å². The van der Waals surface area contributed by atoms with Crippen LogP contribution in [-0.4, -0.2) is 37.0 Å². The zero-order valence-electron chi connectivity index (χ0n) is 14.4. The molecule has 0 fully saturated rings. The van der Waals surface area contributed by atoms with Gasteiger partial charge in [0, 0.05) is 18.7 Å². The van der Waals surface area contributed by atoms with Gasteiger partial charge in [0.25, 0.3) is 5.91 Å². The molecule has 21 heavy (non-hydrogen) atoms. The molecule has 1 aromatic rings. The highest BCUT2D eigenvalue weighted by atomic mass is 16.1. The number of likely N-dealkylation sites (N-methyl/N-ethyl adjacent to an activating group) is 1. The summed E-state index contributed by atoms with van der Waals surface area (Å²) in [6.45, 7) is 14.1. The van der Waals surface area contributed by atoms with Crippen molar-refractivity contribution in [2.24, 2.45) is 0 Å². The number of amides is 1. The highest BCUT2D eigenvalue weighted by molar-refractivity contribution is 5.95. The zero-order valence-corrected chi connectivity index (χ0v) is 14.4. The number of rotatable bonds is 8. The van der Waals surface area contributed by atoms with Gasteiger partial charge in [0.1, 0.15) is 0 Å². The number of nitrogens with one attached hydrogen (secondary N) is 1. The molecule has 0 bridgehead atoms. The fraction of sp³-hybridized carbons (Fsp3) is 0.611. The van der Waals surface area contributed by atoms with Gasteiger partial charge in [-0.2, -0.15) is 0 Å². The van der Waals surface area contributed by atoms with Crippen LogP contribution >= 0.6 is 0 Å². The average Bonchev–Trinajstić information content (AvgIpc) is 2.53. The summed E-state index contributed by atoms with van der Waals surface area (Å²) >= 11 is 0. The number of benzene rings is 1. The van der Waals surface area contributed by atoms with Crippen molar-refractivity contribution in [3.05, 3.63) is 35.4 Å². The fourth-order valence-corrected chi connectivity index (χ4v) is 2.06. The Hall–Kier alpha value is -1.35. The van der Waals surface area contributed by atoms with Gasteiger partial charge < -0.3 is 10.2 Å². The first-order valence-corrected chi connectivity index (χ1v) is 8.25. The molecule has 0 aliphatic heterocycles. The summed E-state index contributed by atoms with van der Waals surface area (Å²) in [4.78, 5) is 14.4. The largest absolute Gasteiger partial charge is 0.351 e. The van der Waals surface area contributed by atoms with E-state index < -0.39 is 0 Å². The summed E-state index contributed by atoms with van der Waals surface area (Å²) in [6, 6.07) is 7.70. The maximum absolute atomic E-state index is 12.0. The van der Waals surface area contributed by atoms with E-state index in [1.165, 1.54) is 12.8 Å². The number of nitrogens with zero attached hydrogens (tertiary/aromatic N) is 1. The molecule has 1 aromatic carbocycles. The second kappa shape index (κ2) is 12.4. The predicted octanol–water partition coefficient (Wildman–Crippen LogP) is 3.87. The van der Waals surface area contributed by atoms with Gasteiger partial charge in [-0.3, -0.25) is 4.79 Å². The third-order valence-electron chi connectivity index (χ3n) is 3.38. The van der Waals surface area contributed by atoms with Crippen LogP contribution < -0.4 is 5.32 Å². The van der Waals surface area contributed by atoms with Gasteiger partial charge in [0.15, 0.2) is 0 Å². The third kappa shape index (κ3) is 7.86. The molecule has 0 aliphatic rings. The summed E-state index contributed by atoms with van der Waals surface area (Å²) in [6.07, 6.45) is 2.44. The van der Waals surface area contributed by atoms with Crippen LogP contribution in [-0.2, 0) is 0 Å². The second-order valence-corrected chi connectivity index (χ2v) is 4.86. The van der Waals surface area contributed by atoms with Crippen LogP contribution in [0.4, 0.5) is 0 Å². The fourth-order valence-electron chi connectivity index (χ4n) is 2.06. The molecule has 0 aromatic heterocycles. The molecule has 0 atom stereocenters. The average molecular weight is 292 g/mol. The van der Waals surface area contributed by atoms with Crippen molar-refractivity contribution in [3.8, 4) is 0 Å². The molecule has 1 rings (SSSR count). The van der Waals surface area contributed by atoms with Crippen molar-refractivity contribution in [2.45, 2.75) is 47.5 Å². The van der Waals surface area contributed by atoms with Crippen molar-refractivity contribution in [1.82, 2.24) is 10.2 Å². The zero-order chi connectivity index (χ0) is 16.1. The van der Waals surface area contributed by atoms with E-state index in [9.17, 15) is 4.79 Å². The van der Waals surface area contributed by atoms with Crippen LogP contribution in [0.3, 0.4) is 0 Å². The molecule has 0 aliphatic carbocycles.